The van der Waals surface area contributed by atoms with Crippen molar-refractivity contribution in [2.75, 3.05) is 4.43 Å². The second-order valence-corrected chi connectivity index (χ2v) is 2.56. The molecule has 7 heavy (non-hydrogen) atoms. The van der Waals surface area contributed by atoms with E-state index in [1.54, 1.807) is 0 Å². The quantitative estimate of drug-likeness (QED) is 0.554. The summed E-state index contributed by atoms with van der Waals surface area (Å²) in [6.07, 6.45) is 1.56. The molecule has 0 heterocycles. The van der Waals surface area contributed by atoms with Crippen LogP contribution in [0.1, 0.15) is 12.8 Å². The lowest BCUT2D eigenvalue weighted by Crippen LogP contribution is -1.98. The Labute approximate surface area is 58.3 Å². The van der Waals surface area contributed by atoms with Crippen LogP contribution in [0.15, 0.2) is 0 Å². The SMILES string of the molecule is [CH2]C(O)CCCI. The van der Waals surface area contributed by atoms with Gasteiger partial charge in [-0.3, -0.25) is 0 Å². The first kappa shape index (κ1) is 7.69. The minimum Gasteiger partial charge on any atom is -0.393 e. The Morgan fingerprint density at radius 1 is 1.71 bits per heavy atom. The van der Waals surface area contributed by atoms with Gasteiger partial charge in [-0.05, 0) is 24.2 Å². The van der Waals surface area contributed by atoms with Gasteiger partial charge in [-0.2, -0.15) is 0 Å². The summed E-state index contributed by atoms with van der Waals surface area (Å²) in [5.41, 5.74) is 0. The van der Waals surface area contributed by atoms with Gasteiger partial charge in [0.1, 0.15) is 0 Å². The van der Waals surface area contributed by atoms with Crippen molar-refractivity contribution in [3.63, 3.8) is 0 Å². The van der Waals surface area contributed by atoms with Crippen LogP contribution in [0.2, 0.25) is 0 Å². The third kappa shape index (κ3) is 6.69. The van der Waals surface area contributed by atoms with Crippen molar-refractivity contribution in [1.82, 2.24) is 0 Å². The van der Waals surface area contributed by atoms with Crippen molar-refractivity contribution < 1.29 is 5.11 Å². The zero-order chi connectivity index (χ0) is 5.70. The first-order chi connectivity index (χ1) is 3.27. The zero-order valence-corrected chi connectivity index (χ0v) is 6.39. The fourth-order valence-corrected chi connectivity index (χ4v) is 0.753. The van der Waals surface area contributed by atoms with Crippen LogP contribution < -0.4 is 0 Å². The molecule has 0 aromatic heterocycles. The molecule has 0 aromatic carbocycles. The smallest absolute Gasteiger partial charge is 0.0541 e. The van der Waals surface area contributed by atoms with Crippen LogP contribution in [0.25, 0.3) is 0 Å². The lowest BCUT2D eigenvalue weighted by molar-refractivity contribution is 0.210. The summed E-state index contributed by atoms with van der Waals surface area (Å²) in [5, 5.41) is 8.57. The zero-order valence-electron chi connectivity index (χ0n) is 4.23. The normalized spacial score (nSPS) is 14.1. The second-order valence-electron chi connectivity index (χ2n) is 1.49. The maximum Gasteiger partial charge on any atom is 0.0541 e. The van der Waals surface area contributed by atoms with Gasteiger partial charge < -0.3 is 5.11 Å². The van der Waals surface area contributed by atoms with Crippen LogP contribution >= 0.6 is 22.6 Å². The number of hydrogen-bond donors (Lipinski definition) is 1. The molecule has 1 radical (unpaired) electrons. The molecule has 1 atom stereocenters. The van der Waals surface area contributed by atoms with E-state index in [0.717, 1.165) is 17.3 Å². The molecule has 1 N–H and O–H groups in total. The van der Waals surface area contributed by atoms with E-state index in [4.69, 9.17) is 5.11 Å². The fourth-order valence-electron chi connectivity index (χ4n) is 0.313. The third-order valence-corrected chi connectivity index (χ3v) is 1.43. The summed E-state index contributed by atoms with van der Waals surface area (Å²) in [6.45, 7) is 3.43. The largest absolute Gasteiger partial charge is 0.393 e. The predicted octanol–water partition coefficient (Wildman–Crippen LogP) is 1.40. The van der Waals surface area contributed by atoms with E-state index in [9.17, 15) is 0 Å². The third-order valence-electron chi connectivity index (χ3n) is 0.671. The average molecular weight is 213 g/mol. The highest BCUT2D eigenvalue weighted by molar-refractivity contribution is 14.1. The summed E-state index contributed by atoms with van der Waals surface area (Å²) >= 11 is 2.28. The van der Waals surface area contributed by atoms with Gasteiger partial charge in [0.2, 0.25) is 0 Å². The van der Waals surface area contributed by atoms with Gasteiger partial charge in [-0.15, -0.1) is 0 Å². The van der Waals surface area contributed by atoms with E-state index in [1.165, 1.54) is 0 Å². The van der Waals surface area contributed by atoms with E-state index in [2.05, 4.69) is 29.5 Å². The Morgan fingerprint density at radius 2 is 2.29 bits per heavy atom. The highest BCUT2D eigenvalue weighted by atomic mass is 127. The van der Waals surface area contributed by atoms with E-state index in [0.29, 0.717) is 0 Å². The number of aliphatic hydroxyl groups excluding tert-OH is 1. The molecule has 0 aliphatic rings. The summed E-state index contributed by atoms with van der Waals surface area (Å²) in [6, 6.07) is 0. The molecule has 0 spiro atoms. The average Bonchev–Trinajstić information content (AvgIpc) is 1.61. The van der Waals surface area contributed by atoms with Gasteiger partial charge in [0.25, 0.3) is 0 Å². The van der Waals surface area contributed by atoms with Crippen LogP contribution in [0.3, 0.4) is 0 Å². The molecule has 0 saturated heterocycles. The molecule has 0 aromatic rings. The summed E-state index contributed by atoms with van der Waals surface area (Å²) in [4.78, 5) is 0. The maximum atomic E-state index is 8.57. The standard InChI is InChI=1S/C5H10IO/c1-5(7)3-2-4-6/h5,7H,1-4H2. The van der Waals surface area contributed by atoms with Gasteiger partial charge in [0, 0.05) is 0 Å². The van der Waals surface area contributed by atoms with E-state index >= 15 is 0 Å². The van der Waals surface area contributed by atoms with Crippen LogP contribution in [0.5, 0.6) is 0 Å². The summed E-state index contributed by atoms with van der Waals surface area (Å²) < 4.78 is 1.12. The van der Waals surface area contributed by atoms with Crippen LogP contribution in [-0.2, 0) is 0 Å². The molecule has 0 saturated carbocycles. The van der Waals surface area contributed by atoms with Gasteiger partial charge in [0.15, 0.2) is 0 Å². The molecule has 0 aliphatic carbocycles. The maximum absolute atomic E-state index is 8.57. The number of halogens is 1. The fraction of sp³-hybridized carbons (Fsp3) is 0.800. The molecule has 0 aliphatic heterocycles. The number of hydrogen-bond acceptors (Lipinski definition) is 1. The number of aliphatic hydroxyl groups is 1. The molecule has 1 nitrogen and oxygen atoms in total. The molecule has 0 bridgehead atoms. The van der Waals surface area contributed by atoms with Gasteiger partial charge in [-0.25, -0.2) is 0 Å². The Kier molecular flexibility index (Phi) is 5.32. The molecule has 43 valence electrons. The highest BCUT2D eigenvalue weighted by Gasteiger charge is 1.91. The van der Waals surface area contributed by atoms with E-state index < -0.39 is 0 Å². The van der Waals surface area contributed by atoms with E-state index in [-0.39, 0.29) is 6.10 Å². The number of alkyl halides is 1. The van der Waals surface area contributed by atoms with Gasteiger partial charge >= 0.3 is 0 Å². The van der Waals surface area contributed by atoms with Crippen molar-refractivity contribution in [2.45, 2.75) is 18.9 Å². The topological polar surface area (TPSA) is 20.2 Å². The monoisotopic (exact) mass is 213 g/mol. The molecule has 0 fully saturated rings. The van der Waals surface area contributed by atoms with E-state index in [1.807, 2.05) is 0 Å². The molecular formula is C5H10IO. The van der Waals surface area contributed by atoms with Gasteiger partial charge in [0.05, 0.1) is 6.10 Å². The molecular weight excluding hydrogens is 203 g/mol. The first-order valence-electron chi connectivity index (χ1n) is 2.34. The Balaban J connectivity index is 2.68. The molecule has 2 heteroatoms. The number of rotatable bonds is 3. The summed E-state index contributed by atoms with van der Waals surface area (Å²) in [5.74, 6) is 0. The predicted molar refractivity (Wildman–Crippen MR) is 39.5 cm³/mol. The minimum atomic E-state index is -0.352. The van der Waals surface area contributed by atoms with Gasteiger partial charge in [-0.1, -0.05) is 22.6 Å². The Bertz CT molecular complexity index is 37.1. The van der Waals surface area contributed by atoms with Crippen molar-refractivity contribution in [3.8, 4) is 0 Å². The molecule has 1 unspecified atom stereocenters. The Morgan fingerprint density at radius 3 is 2.43 bits per heavy atom. The van der Waals surface area contributed by atoms with Crippen LogP contribution in [-0.4, -0.2) is 15.6 Å². The lowest BCUT2D eigenvalue weighted by Gasteiger charge is -1.97. The van der Waals surface area contributed by atoms with Crippen LogP contribution in [0.4, 0.5) is 0 Å². The second kappa shape index (κ2) is 4.84. The van der Waals surface area contributed by atoms with Crippen LogP contribution in [0, 0.1) is 6.92 Å². The highest BCUT2D eigenvalue weighted by Crippen LogP contribution is 1.97. The minimum absolute atomic E-state index is 0.352. The lowest BCUT2D eigenvalue weighted by atomic mass is 10.2. The molecule has 0 amide bonds. The van der Waals surface area contributed by atoms with Crippen molar-refractivity contribution >= 4 is 22.6 Å². The first-order valence-corrected chi connectivity index (χ1v) is 3.87. The van der Waals surface area contributed by atoms with Crippen molar-refractivity contribution in [2.24, 2.45) is 0 Å². The van der Waals surface area contributed by atoms with Crippen molar-refractivity contribution in [3.05, 3.63) is 6.92 Å². The van der Waals surface area contributed by atoms with Crippen molar-refractivity contribution in [1.29, 1.82) is 0 Å². The molecule has 0 rings (SSSR count). The Hall–Kier alpha value is 0.690. The summed E-state index contributed by atoms with van der Waals surface area (Å²) in [7, 11) is 0.